The molecule has 0 aliphatic carbocycles. The van der Waals surface area contributed by atoms with Gasteiger partial charge in [-0.15, -0.1) is 0 Å². The summed E-state index contributed by atoms with van der Waals surface area (Å²) in [5.41, 5.74) is 0.954. The van der Waals surface area contributed by atoms with Crippen molar-refractivity contribution in [3.63, 3.8) is 0 Å². The predicted molar refractivity (Wildman–Crippen MR) is 94.1 cm³/mol. The Morgan fingerprint density at radius 2 is 1.55 bits per heavy atom. The monoisotopic (exact) mass is 302 g/mol. The Morgan fingerprint density at radius 3 is 2.05 bits per heavy atom. The van der Waals surface area contributed by atoms with Crippen molar-refractivity contribution in [2.45, 2.75) is 77.8 Å². The highest BCUT2D eigenvalue weighted by Gasteiger charge is 2.53. The minimum Gasteiger partial charge on any atom is -0.403 e. The normalized spacial score (nSPS) is 22.5. The van der Waals surface area contributed by atoms with Gasteiger partial charge in [0.1, 0.15) is 0 Å². The second-order valence-electron chi connectivity index (χ2n) is 7.68. The zero-order chi connectivity index (χ0) is 16.4. The molecule has 0 bridgehead atoms. The highest BCUT2D eigenvalue weighted by Crippen LogP contribution is 2.42. The molecule has 1 aliphatic rings. The highest BCUT2D eigenvalue weighted by molar-refractivity contribution is 6.47. The minimum absolute atomic E-state index is 0.0919. The van der Waals surface area contributed by atoms with Crippen LogP contribution in [0.25, 0.3) is 0 Å². The smallest absolute Gasteiger partial charge is 0.403 e. The maximum Gasteiger partial charge on any atom is 0.461 e. The summed E-state index contributed by atoms with van der Waals surface area (Å²) in [6.07, 6.45) is 3.48. The molecule has 0 amide bonds. The minimum atomic E-state index is -0.232. The standard InChI is InChI=1S/C19H31BO2/c1-7-17(14-13-16-11-9-8-10-12-16)15(2)20-21-18(3,4)19(5,6)22-20/h8-12,15,17H,7,13-14H2,1-6H3/t15-,17-/m1/s1. The van der Waals surface area contributed by atoms with E-state index < -0.39 is 0 Å². The third kappa shape index (κ3) is 3.75. The molecular formula is C19H31BO2. The molecule has 122 valence electrons. The molecule has 0 N–H and O–H groups in total. The first-order valence-corrected chi connectivity index (χ1v) is 8.66. The number of rotatable bonds is 6. The van der Waals surface area contributed by atoms with Crippen LogP contribution in [0.1, 0.15) is 59.9 Å². The molecule has 0 unspecified atom stereocenters. The van der Waals surface area contributed by atoms with Crippen LogP contribution < -0.4 is 0 Å². The summed E-state index contributed by atoms with van der Waals surface area (Å²) in [6.45, 7) is 13.1. The van der Waals surface area contributed by atoms with Crippen LogP contribution in [0.15, 0.2) is 30.3 Å². The van der Waals surface area contributed by atoms with Crippen LogP contribution in [0.2, 0.25) is 5.82 Å². The zero-order valence-electron chi connectivity index (χ0n) is 15.1. The summed E-state index contributed by atoms with van der Waals surface area (Å²) in [5, 5.41) is 0. The van der Waals surface area contributed by atoms with Crippen molar-refractivity contribution in [1.82, 2.24) is 0 Å². The topological polar surface area (TPSA) is 18.5 Å². The fourth-order valence-corrected chi connectivity index (χ4v) is 3.16. The molecule has 1 aromatic rings. The molecule has 1 heterocycles. The number of hydrogen-bond acceptors (Lipinski definition) is 2. The molecule has 3 heteroatoms. The SMILES string of the molecule is CC[C@H](CCc1ccccc1)[C@@H](C)B1OC(C)(C)C(C)(C)O1. The van der Waals surface area contributed by atoms with Crippen molar-refractivity contribution in [3.8, 4) is 0 Å². The Kier molecular flexibility index (Phi) is 5.39. The Morgan fingerprint density at radius 1 is 1.00 bits per heavy atom. The van der Waals surface area contributed by atoms with Crippen LogP contribution in [0.3, 0.4) is 0 Å². The van der Waals surface area contributed by atoms with Gasteiger partial charge < -0.3 is 9.31 Å². The lowest BCUT2D eigenvalue weighted by molar-refractivity contribution is 0.00578. The molecule has 0 radical (unpaired) electrons. The molecule has 1 fully saturated rings. The van der Waals surface area contributed by atoms with Gasteiger partial charge in [0.25, 0.3) is 0 Å². The van der Waals surface area contributed by atoms with Gasteiger partial charge in [0.15, 0.2) is 0 Å². The van der Waals surface area contributed by atoms with Crippen LogP contribution in [-0.2, 0) is 15.7 Å². The summed E-state index contributed by atoms with van der Waals surface area (Å²) in [4.78, 5) is 0. The van der Waals surface area contributed by atoms with Gasteiger partial charge >= 0.3 is 7.12 Å². The quantitative estimate of drug-likeness (QED) is 0.678. The molecule has 1 aromatic carbocycles. The molecule has 2 nitrogen and oxygen atoms in total. The van der Waals surface area contributed by atoms with Gasteiger partial charge in [-0.1, -0.05) is 50.6 Å². The van der Waals surface area contributed by atoms with E-state index in [4.69, 9.17) is 9.31 Å². The van der Waals surface area contributed by atoms with Crippen LogP contribution in [0, 0.1) is 5.92 Å². The summed E-state index contributed by atoms with van der Waals surface area (Å²) in [5.74, 6) is 1.03. The van der Waals surface area contributed by atoms with Crippen LogP contribution in [0.5, 0.6) is 0 Å². The average molecular weight is 302 g/mol. The number of benzene rings is 1. The van der Waals surface area contributed by atoms with E-state index >= 15 is 0 Å². The highest BCUT2D eigenvalue weighted by atomic mass is 16.7. The van der Waals surface area contributed by atoms with Crippen LogP contribution in [-0.4, -0.2) is 18.3 Å². The van der Waals surface area contributed by atoms with Gasteiger partial charge in [-0.05, 0) is 57.8 Å². The maximum atomic E-state index is 6.24. The Hall–Kier alpha value is -0.795. The number of aryl methyl sites for hydroxylation is 1. The fraction of sp³-hybridized carbons (Fsp3) is 0.684. The molecule has 0 saturated carbocycles. The van der Waals surface area contributed by atoms with Gasteiger partial charge in [-0.25, -0.2) is 0 Å². The van der Waals surface area contributed by atoms with E-state index in [1.807, 2.05) is 0 Å². The molecule has 22 heavy (non-hydrogen) atoms. The lowest BCUT2D eigenvalue weighted by Gasteiger charge is -2.32. The van der Waals surface area contributed by atoms with Crippen LogP contribution in [0.4, 0.5) is 0 Å². The van der Waals surface area contributed by atoms with Gasteiger partial charge in [0, 0.05) is 0 Å². The number of hydrogen-bond donors (Lipinski definition) is 0. The van der Waals surface area contributed by atoms with Crippen molar-refractivity contribution in [2.75, 3.05) is 0 Å². The van der Waals surface area contributed by atoms with Crippen LogP contribution >= 0.6 is 0 Å². The molecule has 1 saturated heterocycles. The summed E-state index contributed by atoms with van der Waals surface area (Å²) < 4.78 is 12.5. The molecule has 0 aromatic heterocycles. The summed E-state index contributed by atoms with van der Waals surface area (Å²) in [6, 6.07) is 10.7. The third-order valence-corrected chi connectivity index (χ3v) is 5.62. The third-order valence-electron chi connectivity index (χ3n) is 5.62. The van der Waals surface area contributed by atoms with E-state index in [0.29, 0.717) is 11.7 Å². The van der Waals surface area contributed by atoms with Crippen molar-refractivity contribution in [2.24, 2.45) is 5.92 Å². The van der Waals surface area contributed by atoms with Crippen molar-refractivity contribution >= 4 is 7.12 Å². The van der Waals surface area contributed by atoms with E-state index in [2.05, 4.69) is 71.9 Å². The lowest BCUT2D eigenvalue weighted by atomic mass is 9.64. The van der Waals surface area contributed by atoms with Crippen molar-refractivity contribution in [1.29, 1.82) is 0 Å². The first-order valence-electron chi connectivity index (χ1n) is 8.66. The van der Waals surface area contributed by atoms with E-state index in [1.165, 1.54) is 12.0 Å². The van der Waals surface area contributed by atoms with Gasteiger partial charge in [0.2, 0.25) is 0 Å². The zero-order valence-corrected chi connectivity index (χ0v) is 15.1. The molecule has 0 spiro atoms. The maximum absolute atomic E-state index is 6.24. The predicted octanol–water partition coefficient (Wildman–Crippen LogP) is 5.13. The Balaban J connectivity index is 1.96. The molecule has 1 aliphatic heterocycles. The van der Waals surface area contributed by atoms with E-state index in [1.54, 1.807) is 0 Å². The van der Waals surface area contributed by atoms with Crippen molar-refractivity contribution < 1.29 is 9.31 Å². The summed E-state index contributed by atoms with van der Waals surface area (Å²) >= 11 is 0. The van der Waals surface area contributed by atoms with Crippen molar-refractivity contribution in [3.05, 3.63) is 35.9 Å². The largest absolute Gasteiger partial charge is 0.461 e. The first-order chi connectivity index (χ1) is 10.3. The Labute approximate surface area is 136 Å². The van der Waals surface area contributed by atoms with E-state index in [0.717, 1.165) is 12.8 Å². The molecular weight excluding hydrogens is 271 g/mol. The Bertz CT molecular complexity index is 454. The second-order valence-corrected chi connectivity index (χ2v) is 7.68. The van der Waals surface area contributed by atoms with E-state index in [9.17, 15) is 0 Å². The average Bonchev–Trinajstić information content (AvgIpc) is 2.69. The van der Waals surface area contributed by atoms with E-state index in [-0.39, 0.29) is 18.3 Å². The van der Waals surface area contributed by atoms with Gasteiger partial charge in [-0.2, -0.15) is 0 Å². The lowest BCUT2D eigenvalue weighted by Crippen LogP contribution is -2.41. The molecule has 2 rings (SSSR count). The summed E-state index contributed by atoms with van der Waals surface area (Å²) in [7, 11) is -0.0919. The van der Waals surface area contributed by atoms with Gasteiger partial charge in [-0.3, -0.25) is 0 Å². The second kappa shape index (κ2) is 6.76. The molecule has 2 atom stereocenters. The van der Waals surface area contributed by atoms with Gasteiger partial charge in [0.05, 0.1) is 11.2 Å². The fourth-order valence-electron chi connectivity index (χ4n) is 3.16. The first kappa shape index (κ1) is 17.6.